The summed E-state index contributed by atoms with van der Waals surface area (Å²) in [7, 11) is 1.58. The number of thioether (sulfide) groups is 1. The molecule has 0 aromatic heterocycles. The van der Waals surface area contributed by atoms with Crippen LogP contribution in [0.2, 0.25) is 5.02 Å². The fourth-order valence-corrected chi connectivity index (χ4v) is 4.27. The lowest BCUT2D eigenvalue weighted by atomic mass is 10.1. The molecule has 0 atom stereocenters. The van der Waals surface area contributed by atoms with Gasteiger partial charge in [0.25, 0.3) is 5.91 Å². The van der Waals surface area contributed by atoms with Gasteiger partial charge in [0.2, 0.25) is 0 Å². The summed E-state index contributed by atoms with van der Waals surface area (Å²) in [4.78, 5) is 14.9. The van der Waals surface area contributed by atoms with E-state index in [0.29, 0.717) is 38.0 Å². The number of methoxy groups -OCH3 is 1. The Bertz CT molecular complexity index is 949. The fourth-order valence-electron chi connectivity index (χ4n) is 2.56. The zero-order valence-electron chi connectivity index (χ0n) is 14.5. The molecule has 1 aliphatic heterocycles. The minimum atomic E-state index is -0.200. The molecule has 1 heterocycles. The van der Waals surface area contributed by atoms with Gasteiger partial charge in [0.15, 0.2) is 15.8 Å². The third-order valence-electron chi connectivity index (χ3n) is 3.76. The van der Waals surface area contributed by atoms with Gasteiger partial charge in [-0.2, -0.15) is 0 Å². The fraction of sp³-hybridized carbons (Fsp3) is 0.158. The van der Waals surface area contributed by atoms with Gasteiger partial charge in [-0.3, -0.25) is 9.69 Å². The number of ether oxygens (including phenoxy) is 2. The van der Waals surface area contributed by atoms with Crippen LogP contribution in [0.15, 0.2) is 45.8 Å². The lowest BCUT2D eigenvalue weighted by Gasteiger charge is -2.15. The highest BCUT2D eigenvalue weighted by Gasteiger charge is 2.33. The predicted molar refractivity (Wildman–Crippen MR) is 119 cm³/mol. The van der Waals surface area contributed by atoms with Gasteiger partial charge in [-0.15, -0.1) is 0 Å². The van der Waals surface area contributed by atoms with Crippen molar-refractivity contribution < 1.29 is 14.3 Å². The van der Waals surface area contributed by atoms with E-state index in [4.69, 9.17) is 33.3 Å². The van der Waals surface area contributed by atoms with E-state index in [2.05, 4.69) is 15.9 Å². The summed E-state index contributed by atoms with van der Waals surface area (Å²) in [6.07, 6.45) is 1.77. The topological polar surface area (TPSA) is 38.8 Å². The smallest absolute Gasteiger partial charge is 0.270 e. The maximum absolute atomic E-state index is 13.0. The Morgan fingerprint density at radius 2 is 2.11 bits per heavy atom. The molecule has 140 valence electrons. The van der Waals surface area contributed by atoms with E-state index < -0.39 is 0 Å². The van der Waals surface area contributed by atoms with Crippen LogP contribution in [-0.4, -0.2) is 23.9 Å². The number of anilines is 1. The van der Waals surface area contributed by atoms with Gasteiger partial charge in [0.1, 0.15) is 0 Å². The average molecular weight is 485 g/mol. The summed E-state index contributed by atoms with van der Waals surface area (Å²) in [5.74, 6) is 1.01. The van der Waals surface area contributed by atoms with E-state index in [-0.39, 0.29) is 5.91 Å². The second kappa shape index (κ2) is 8.65. The number of thiocarbonyl (C=S) groups is 1. The van der Waals surface area contributed by atoms with Crippen molar-refractivity contribution in [3.05, 3.63) is 56.4 Å². The molecule has 1 amide bonds. The normalized spacial score (nSPS) is 15.6. The minimum absolute atomic E-state index is 0.200. The molecule has 0 saturated carbocycles. The van der Waals surface area contributed by atoms with Crippen molar-refractivity contribution in [2.24, 2.45) is 0 Å². The summed E-state index contributed by atoms with van der Waals surface area (Å²) >= 11 is 16.2. The molecule has 3 rings (SSSR count). The van der Waals surface area contributed by atoms with E-state index in [1.165, 1.54) is 16.7 Å². The second-order valence-electron chi connectivity index (χ2n) is 5.43. The number of hydrogen-bond donors (Lipinski definition) is 0. The number of para-hydroxylation sites is 1. The monoisotopic (exact) mass is 483 g/mol. The quantitative estimate of drug-likeness (QED) is 0.389. The summed E-state index contributed by atoms with van der Waals surface area (Å²) in [6, 6.07) is 10.8. The van der Waals surface area contributed by atoms with Crippen molar-refractivity contribution in [2.75, 3.05) is 18.6 Å². The Labute approximate surface area is 180 Å². The third-order valence-corrected chi connectivity index (χ3v) is 6.29. The highest BCUT2D eigenvalue weighted by atomic mass is 79.9. The first-order chi connectivity index (χ1) is 13.0. The SMILES string of the molecule is CCOc1c(/C=C2/SC(=S)N(c3ccc(Br)c(Cl)c3)C2=O)cccc1OC. The molecule has 0 unspecified atom stereocenters. The van der Waals surface area contributed by atoms with Crippen LogP contribution in [0, 0.1) is 0 Å². The molecule has 1 saturated heterocycles. The molecule has 2 aromatic rings. The van der Waals surface area contributed by atoms with Crippen LogP contribution in [0.5, 0.6) is 11.5 Å². The standard InChI is InChI=1S/C19H15BrClNO3S2/c1-3-25-17-11(5-4-6-15(17)24-2)9-16-18(23)22(19(26)27-16)12-7-8-13(20)14(21)10-12/h4-10H,3H2,1-2H3/b16-9+. The lowest BCUT2D eigenvalue weighted by molar-refractivity contribution is -0.113. The third kappa shape index (κ3) is 4.16. The summed E-state index contributed by atoms with van der Waals surface area (Å²) in [6.45, 7) is 2.38. The number of halogens is 2. The minimum Gasteiger partial charge on any atom is -0.493 e. The largest absolute Gasteiger partial charge is 0.493 e. The number of hydrogen-bond acceptors (Lipinski definition) is 5. The van der Waals surface area contributed by atoms with E-state index >= 15 is 0 Å². The maximum atomic E-state index is 13.0. The Morgan fingerprint density at radius 1 is 1.33 bits per heavy atom. The summed E-state index contributed by atoms with van der Waals surface area (Å²) in [5.41, 5.74) is 1.38. The van der Waals surface area contributed by atoms with Crippen molar-refractivity contribution in [2.45, 2.75) is 6.92 Å². The predicted octanol–water partition coefficient (Wildman–Crippen LogP) is 5.92. The molecular weight excluding hydrogens is 470 g/mol. The zero-order valence-corrected chi connectivity index (χ0v) is 18.5. The van der Waals surface area contributed by atoms with E-state index in [0.717, 1.165) is 10.0 Å². The van der Waals surface area contributed by atoms with Crippen LogP contribution >= 0.6 is 51.5 Å². The van der Waals surface area contributed by atoms with Gasteiger partial charge < -0.3 is 9.47 Å². The van der Waals surface area contributed by atoms with Crippen LogP contribution in [0.4, 0.5) is 5.69 Å². The number of carbonyl (C=O) groups excluding carboxylic acids is 1. The number of amides is 1. The molecule has 1 fully saturated rings. The molecule has 27 heavy (non-hydrogen) atoms. The number of carbonyl (C=O) groups is 1. The second-order valence-corrected chi connectivity index (χ2v) is 8.36. The van der Waals surface area contributed by atoms with Crippen molar-refractivity contribution in [3.8, 4) is 11.5 Å². The first-order valence-corrected chi connectivity index (χ1v) is 10.4. The van der Waals surface area contributed by atoms with Crippen LogP contribution in [0.25, 0.3) is 6.08 Å². The average Bonchev–Trinajstić information content (AvgIpc) is 2.92. The highest BCUT2D eigenvalue weighted by molar-refractivity contribution is 9.10. The van der Waals surface area contributed by atoms with Crippen molar-refractivity contribution in [1.29, 1.82) is 0 Å². The van der Waals surface area contributed by atoms with Crippen LogP contribution in [0.1, 0.15) is 12.5 Å². The van der Waals surface area contributed by atoms with Crippen LogP contribution in [0.3, 0.4) is 0 Å². The molecule has 0 spiro atoms. The zero-order chi connectivity index (χ0) is 19.6. The highest BCUT2D eigenvalue weighted by Crippen LogP contribution is 2.40. The first kappa shape index (κ1) is 20.2. The van der Waals surface area contributed by atoms with Crippen molar-refractivity contribution >= 4 is 73.5 Å². The Kier molecular flexibility index (Phi) is 6.47. The first-order valence-electron chi connectivity index (χ1n) is 7.99. The Morgan fingerprint density at radius 3 is 2.78 bits per heavy atom. The van der Waals surface area contributed by atoms with Gasteiger partial charge >= 0.3 is 0 Å². The van der Waals surface area contributed by atoms with Crippen molar-refractivity contribution in [3.63, 3.8) is 0 Å². The number of rotatable bonds is 5. The number of benzene rings is 2. The summed E-state index contributed by atoms with van der Waals surface area (Å²) in [5, 5.41) is 0.511. The van der Waals surface area contributed by atoms with E-state index in [1.54, 1.807) is 31.4 Å². The number of nitrogens with zero attached hydrogens (tertiary/aromatic N) is 1. The van der Waals surface area contributed by atoms with E-state index in [9.17, 15) is 4.79 Å². The van der Waals surface area contributed by atoms with Crippen LogP contribution < -0.4 is 14.4 Å². The molecule has 0 N–H and O–H groups in total. The molecule has 0 bridgehead atoms. The lowest BCUT2D eigenvalue weighted by Crippen LogP contribution is -2.27. The van der Waals surface area contributed by atoms with Gasteiger partial charge in [-0.05, 0) is 53.2 Å². The molecule has 8 heteroatoms. The van der Waals surface area contributed by atoms with Gasteiger partial charge in [0, 0.05) is 10.0 Å². The molecule has 0 radical (unpaired) electrons. The van der Waals surface area contributed by atoms with Gasteiger partial charge in [0.05, 0.1) is 29.3 Å². The Balaban J connectivity index is 1.99. The van der Waals surface area contributed by atoms with Gasteiger partial charge in [-0.25, -0.2) is 0 Å². The maximum Gasteiger partial charge on any atom is 0.270 e. The molecule has 2 aromatic carbocycles. The molecule has 4 nitrogen and oxygen atoms in total. The molecule has 0 aliphatic carbocycles. The van der Waals surface area contributed by atoms with Crippen LogP contribution in [-0.2, 0) is 4.79 Å². The molecule has 1 aliphatic rings. The van der Waals surface area contributed by atoms with E-state index in [1.807, 2.05) is 25.1 Å². The van der Waals surface area contributed by atoms with Crippen molar-refractivity contribution in [1.82, 2.24) is 0 Å². The van der Waals surface area contributed by atoms with Gasteiger partial charge in [-0.1, -0.05) is 47.7 Å². The Hall–Kier alpha value is -1.54. The summed E-state index contributed by atoms with van der Waals surface area (Å²) < 4.78 is 12.3. The molecular formula is C19H15BrClNO3S2.